The lowest BCUT2D eigenvalue weighted by atomic mass is 9.96. The molecule has 3 unspecified atom stereocenters. The van der Waals surface area contributed by atoms with Crippen molar-refractivity contribution >= 4 is 23.9 Å². The van der Waals surface area contributed by atoms with Crippen LogP contribution in [0.5, 0.6) is 0 Å². The van der Waals surface area contributed by atoms with Crippen molar-refractivity contribution in [3.8, 4) is 0 Å². The molecule has 0 aromatic heterocycles. The number of rotatable bonds is 16. The average Bonchev–Trinajstić information content (AvgIpc) is 2.98. The second-order valence-corrected chi connectivity index (χ2v) is 13.9. The van der Waals surface area contributed by atoms with Crippen LogP contribution in [0.25, 0.3) is 0 Å². The molecule has 0 saturated heterocycles. The van der Waals surface area contributed by atoms with E-state index in [1.165, 1.54) is 4.90 Å². The van der Waals surface area contributed by atoms with E-state index in [1.54, 1.807) is 53.7 Å². The van der Waals surface area contributed by atoms with Crippen LogP contribution in [0.1, 0.15) is 103 Å². The van der Waals surface area contributed by atoms with Crippen molar-refractivity contribution in [2.24, 2.45) is 0 Å². The topological polar surface area (TPSA) is 134 Å². The molecule has 0 aliphatic heterocycles. The maximum absolute atomic E-state index is 14.5. The first-order valence-electron chi connectivity index (χ1n) is 16.6. The van der Waals surface area contributed by atoms with Crippen LogP contribution in [0.3, 0.4) is 0 Å². The Kier molecular flexibility index (Phi) is 15.4. The van der Waals surface area contributed by atoms with Crippen LogP contribution in [0.15, 0.2) is 54.6 Å². The number of hydrogen-bond acceptors (Lipinski definition) is 7. The SMILES string of the molecule is CCCCCCCN(C(=O)C(CO)NC(=O)OC(C)(C)C)C(C(=O)NC(Cc1ccccc1)C(=O)OC(C)(C)C)c1ccccc1C. The molecule has 0 radical (unpaired) electrons. The predicted molar refractivity (Wildman–Crippen MR) is 183 cm³/mol. The van der Waals surface area contributed by atoms with Crippen molar-refractivity contribution in [2.75, 3.05) is 13.2 Å². The molecule has 260 valence electrons. The summed E-state index contributed by atoms with van der Waals surface area (Å²) in [7, 11) is 0. The van der Waals surface area contributed by atoms with Gasteiger partial charge in [-0.25, -0.2) is 9.59 Å². The summed E-state index contributed by atoms with van der Waals surface area (Å²) in [6.45, 7) is 13.8. The number of carbonyl (C=O) groups excluding carboxylic acids is 4. The van der Waals surface area contributed by atoms with Crippen LogP contribution < -0.4 is 10.6 Å². The molecule has 0 aliphatic rings. The minimum atomic E-state index is -1.37. The molecule has 0 fully saturated rings. The van der Waals surface area contributed by atoms with Gasteiger partial charge in [0.2, 0.25) is 11.8 Å². The van der Waals surface area contributed by atoms with Crippen molar-refractivity contribution in [2.45, 2.75) is 123 Å². The van der Waals surface area contributed by atoms with Gasteiger partial charge in [0.1, 0.15) is 29.3 Å². The van der Waals surface area contributed by atoms with Gasteiger partial charge in [0.25, 0.3) is 0 Å². The number of benzene rings is 2. The largest absolute Gasteiger partial charge is 0.458 e. The smallest absolute Gasteiger partial charge is 0.408 e. The Labute approximate surface area is 280 Å². The summed E-state index contributed by atoms with van der Waals surface area (Å²) in [5, 5.41) is 15.7. The van der Waals surface area contributed by atoms with Crippen LogP contribution in [0.4, 0.5) is 4.79 Å². The normalized spacial score (nSPS) is 13.6. The highest BCUT2D eigenvalue weighted by atomic mass is 16.6. The van der Waals surface area contributed by atoms with E-state index in [4.69, 9.17) is 9.47 Å². The number of aliphatic hydroxyl groups is 1. The number of nitrogens with one attached hydrogen (secondary N) is 2. The van der Waals surface area contributed by atoms with E-state index >= 15 is 0 Å². The molecule has 10 nitrogen and oxygen atoms in total. The van der Waals surface area contributed by atoms with Gasteiger partial charge in [0.05, 0.1) is 6.61 Å². The Bertz CT molecular complexity index is 1300. The second-order valence-electron chi connectivity index (χ2n) is 13.9. The molecule has 0 saturated carbocycles. The standard InChI is InChI=1S/C37H55N3O7/c1-9-10-11-12-18-23-40(33(43)30(25-41)39-35(45)47-37(6,7)8)31(28-22-17-16-19-26(28)2)32(42)38-29(34(44)46-36(3,4)5)24-27-20-14-13-15-21-27/h13-17,19-22,29-31,41H,9-12,18,23-25H2,1-8H3,(H,38,42)(H,39,45). The fourth-order valence-corrected chi connectivity index (χ4v) is 5.10. The second kappa shape index (κ2) is 18.4. The summed E-state index contributed by atoms with van der Waals surface area (Å²) in [5.74, 6) is -1.83. The van der Waals surface area contributed by atoms with Gasteiger partial charge in [-0.05, 0) is 71.6 Å². The van der Waals surface area contributed by atoms with Crippen molar-refractivity contribution in [3.63, 3.8) is 0 Å². The quantitative estimate of drug-likeness (QED) is 0.154. The third kappa shape index (κ3) is 13.8. The lowest BCUT2D eigenvalue weighted by Crippen LogP contribution is -2.56. The first kappa shape index (κ1) is 39.3. The molecule has 2 aromatic carbocycles. The number of carbonyl (C=O) groups is 4. The van der Waals surface area contributed by atoms with Crippen LogP contribution in [-0.4, -0.2) is 70.3 Å². The highest BCUT2D eigenvalue weighted by molar-refractivity contribution is 5.94. The molecule has 47 heavy (non-hydrogen) atoms. The Balaban J connectivity index is 2.58. The summed E-state index contributed by atoms with van der Waals surface area (Å²) in [4.78, 5) is 56.3. The van der Waals surface area contributed by atoms with E-state index < -0.39 is 59.8 Å². The zero-order chi connectivity index (χ0) is 35.2. The number of aliphatic hydroxyl groups excluding tert-OH is 1. The Morgan fingerprint density at radius 1 is 0.787 bits per heavy atom. The minimum Gasteiger partial charge on any atom is -0.458 e. The maximum Gasteiger partial charge on any atom is 0.408 e. The van der Waals surface area contributed by atoms with Gasteiger partial charge in [-0.2, -0.15) is 0 Å². The monoisotopic (exact) mass is 653 g/mol. The number of ether oxygens (including phenoxy) is 2. The zero-order valence-corrected chi connectivity index (χ0v) is 29.4. The van der Waals surface area contributed by atoms with Crippen molar-refractivity contribution in [1.29, 1.82) is 0 Å². The van der Waals surface area contributed by atoms with E-state index in [9.17, 15) is 24.3 Å². The molecular formula is C37H55N3O7. The van der Waals surface area contributed by atoms with Gasteiger partial charge in [-0.3, -0.25) is 9.59 Å². The number of alkyl carbamates (subject to hydrolysis) is 1. The molecule has 3 N–H and O–H groups in total. The van der Waals surface area contributed by atoms with Crippen LogP contribution in [0.2, 0.25) is 0 Å². The van der Waals surface area contributed by atoms with Crippen LogP contribution in [0, 0.1) is 6.92 Å². The van der Waals surface area contributed by atoms with Gasteiger partial charge >= 0.3 is 12.1 Å². The lowest BCUT2D eigenvalue weighted by Gasteiger charge is -2.35. The molecule has 2 rings (SSSR count). The molecule has 0 aliphatic carbocycles. The highest BCUT2D eigenvalue weighted by Gasteiger charge is 2.38. The molecule has 10 heteroatoms. The summed E-state index contributed by atoms with van der Waals surface area (Å²) < 4.78 is 11.1. The molecule has 2 aromatic rings. The minimum absolute atomic E-state index is 0.173. The lowest BCUT2D eigenvalue weighted by molar-refractivity contribution is -0.159. The third-order valence-electron chi connectivity index (χ3n) is 7.29. The Hall–Kier alpha value is -3.92. The molecule has 0 heterocycles. The van der Waals surface area contributed by atoms with Gasteiger partial charge in [0.15, 0.2) is 0 Å². The Morgan fingerprint density at radius 2 is 1.38 bits per heavy atom. The van der Waals surface area contributed by atoms with Crippen molar-refractivity contribution < 1.29 is 33.8 Å². The first-order valence-corrected chi connectivity index (χ1v) is 16.6. The number of nitrogens with zero attached hydrogens (tertiary/aromatic N) is 1. The summed E-state index contributed by atoms with van der Waals surface area (Å²) in [5.41, 5.74) is 0.513. The first-order chi connectivity index (χ1) is 22.1. The van der Waals surface area contributed by atoms with E-state index in [-0.39, 0.29) is 13.0 Å². The average molecular weight is 654 g/mol. The van der Waals surface area contributed by atoms with E-state index in [0.29, 0.717) is 12.0 Å². The van der Waals surface area contributed by atoms with Gasteiger partial charge in [-0.1, -0.05) is 87.2 Å². The third-order valence-corrected chi connectivity index (χ3v) is 7.29. The molecule has 0 spiro atoms. The fraction of sp³-hybridized carbons (Fsp3) is 0.568. The number of unbranched alkanes of at least 4 members (excludes halogenated alkanes) is 4. The highest BCUT2D eigenvalue weighted by Crippen LogP contribution is 2.27. The van der Waals surface area contributed by atoms with Crippen molar-refractivity contribution in [1.82, 2.24) is 15.5 Å². The predicted octanol–water partition coefficient (Wildman–Crippen LogP) is 5.79. The number of aryl methyl sites for hydroxylation is 1. The fourth-order valence-electron chi connectivity index (χ4n) is 5.10. The summed E-state index contributed by atoms with van der Waals surface area (Å²) in [6.07, 6.45) is 3.74. The zero-order valence-electron chi connectivity index (χ0n) is 29.4. The summed E-state index contributed by atoms with van der Waals surface area (Å²) >= 11 is 0. The molecular weight excluding hydrogens is 598 g/mol. The number of amides is 3. The number of hydrogen-bond donors (Lipinski definition) is 3. The molecule has 0 bridgehead atoms. The van der Waals surface area contributed by atoms with E-state index in [1.807, 2.05) is 49.4 Å². The van der Waals surface area contributed by atoms with Crippen LogP contribution >= 0.6 is 0 Å². The van der Waals surface area contributed by atoms with E-state index in [0.717, 1.165) is 36.8 Å². The maximum atomic E-state index is 14.5. The van der Waals surface area contributed by atoms with E-state index in [2.05, 4.69) is 17.6 Å². The van der Waals surface area contributed by atoms with Crippen molar-refractivity contribution in [3.05, 3.63) is 71.3 Å². The number of esters is 1. The summed E-state index contributed by atoms with van der Waals surface area (Å²) in [6, 6.07) is 12.9. The Morgan fingerprint density at radius 3 is 1.96 bits per heavy atom. The molecule has 3 atom stereocenters. The molecule has 3 amide bonds. The van der Waals surface area contributed by atoms with Gasteiger partial charge < -0.3 is 30.1 Å². The van der Waals surface area contributed by atoms with Gasteiger partial charge in [-0.15, -0.1) is 0 Å². The van der Waals surface area contributed by atoms with Gasteiger partial charge in [0, 0.05) is 13.0 Å². The van der Waals surface area contributed by atoms with Crippen LogP contribution in [-0.2, 0) is 30.3 Å².